The Morgan fingerprint density at radius 1 is 1.40 bits per heavy atom. The Labute approximate surface area is 61.6 Å². The van der Waals surface area contributed by atoms with Crippen molar-refractivity contribution in [2.24, 2.45) is 0 Å². The quantitative estimate of drug-likeness (QED) is 0.557. The number of hydrazine groups is 2. The van der Waals surface area contributed by atoms with Crippen molar-refractivity contribution in [1.82, 2.24) is 15.6 Å². The van der Waals surface area contributed by atoms with Crippen LogP contribution in [0.5, 0.6) is 0 Å². The van der Waals surface area contributed by atoms with Crippen molar-refractivity contribution in [3.63, 3.8) is 0 Å². The molecule has 0 spiro atoms. The lowest BCUT2D eigenvalue weighted by Gasteiger charge is -2.25. The van der Waals surface area contributed by atoms with Gasteiger partial charge in [-0.1, -0.05) is 12.2 Å². The van der Waals surface area contributed by atoms with Crippen molar-refractivity contribution in [2.75, 3.05) is 20.6 Å². The lowest BCUT2D eigenvalue weighted by atomic mass is 10.4. The molecule has 3 nitrogen and oxygen atoms in total. The molecule has 56 valence electrons. The number of nitrogens with one attached hydrogen (secondary N) is 1. The van der Waals surface area contributed by atoms with E-state index in [1.807, 2.05) is 42.5 Å². The molecule has 0 atom stereocenters. The molecule has 0 bridgehead atoms. The van der Waals surface area contributed by atoms with Crippen molar-refractivity contribution in [3.05, 3.63) is 24.4 Å². The monoisotopic (exact) mass is 139 g/mol. The fraction of sp³-hybridized carbons (Fsp3) is 0.429. The predicted octanol–water partition coefficient (Wildman–Crippen LogP) is 0.353. The molecular weight excluding hydrogens is 126 g/mol. The van der Waals surface area contributed by atoms with Gasteiger partial charge in [-0.05, 0) is 6.08 Å². The van der Waals surface area contributed by atoms with E-state index in [4.69, 9.17) is 0 Å². The lowest BCUT2D eigenvalue weighted by molar-refractivity contribution is 0.117. The number of nitrogens with zero attached hydrogens (tertiary/aromatic N) is 2. The van der Waals surface area contributed by atoms with Crippen LogP contribution in [0, 0.1) is 0 Å². The van der Waals surface area contributed by atoms with E-state index >= 15 is 0 Å². The molecule has 3 heteroatoms. The fourth-order valence-corrected chi connectivity index (χ4v) is 0.798. The zero-order chi connectivity index (χ0) is 7.40. The van der Waals surface area contributed by atoms with Crippen LogP contribution in [0.4, 0.5) is 0 Å². The summed E-state index contributed by atoms with van der Waals surface area (Å²) in [5.74, 6) is 0. The largest absolute Gasteiger partial charge is 0.298 e. The first-order chi connectivity index (χ1) is 4.79. The van der Waals surface area contributed by atoms with E-state index in [0.717, 1.165) is 6.54 Å². The third-order valence-corrected chi connectivity index (χ3v) is 1.14. The minimum Gasteiger partial charge on any atom is -0.298 e. The maximum Gasteiger partial charge on any atom is 0.0535 e. The van der Waals surface area contributed by atoms with Crippen LogP contribution < -0.4 is 5.53 Å². The van der Waals surface area contributed by atoms with Gasteiger partial charge in [-0.2, -0.15) is 5.53 Å². The molecule has 0 unspecified atom stereocenters. The Morgan fingerprint density at radius 2 is 2.20 bits per heavy atom. The minimum absolute atomic E-state index is 0.925. The summed E-state index contributed by atoms with van der Waals surface area (Å²) in [7, 11) is 3.93. The highest BCUT2D eigenvalue weighted by Gasteiger charge is 1.97. The Morgan fingerprint density at radius 3 is 2.70 bits per heavy atom. The summed E-state index contributed by atoms with van der Waals surface area (Å²) in [6.07, 6.45) is 8.13. The van der Waals surface area contributed by atoms with Crippen LogP contribution in [0.1, 0.15) is 0 Å². The number of rotatable bonds is 2. The second kappa shape index (κ2) is 3.39. The average molecular weight is 139 g/mol. The normalized spacial score (nSPS) is 16.9. The number of hydrogen-bond acceptors (Lipinski definition) is 3. The van der Waals surface area contributed by atoms with Gasteiger partial charge in [-0.3, -0.25) is 5.01 Å². The highest BCUT2D eigenvalue weighted by atomic mass is 15.7. The van der Waals surface area contributed by atoms with Gasteiger partial charge in [-0.25, -0.2) is 5.01 Å². The van der Waals surface area contributed by atoms with Crippen molar-refractivity contribution in [3.8, 4) is 0 Å². The van der Waals surface area contributed by atoms with Gasteiger partial charge in [0.2, 0.25) is 0 Å². The van der Waals surface area contributed by atoms with E-state index in [1.165, 1.54) is 0 Å². The molecule has 0 aliphatic carbocycles. The molecule has 0 radical (unpaired) electrons. The van der Waals surface area contributed by atoms with Crippen LogP contribution in [0.15, 0.2) is 24.4 Å². The molecular formula is C7H13N3. The van der Waals surface area contributed by atoms with Gasteiger partial charge in [0.25, 0.3) is 0 Å². The Hall–Kier alpha value is -0.800. The maximum absolute atomic E-state index is 3.11. The summed E-state index contributed by atoms with van der Waals surface area (Å²) in [5, 5.41) is 3.91. The molecule has 0 saturated heterocycles. The SMILES string of the molecule is CN(C)NN1C=CC=CC1. The summed E-state index contributed by atoms with van der Waals surface area (Å²) in [5.41, 5.74) is 3.11. The van der Waals surface area contributed by atoms with Gasteiger partial charge in [0, 0.05) is 20.3 Å². The summed E-state index contributed by atoms with van der Waals surface area (Å²) in [4.78, 5) is 0. The molecule has 0 saturated carbocycles. The third kappa shape index (κ3) is 2.21. The highest BCUT2D eigenvalue weighted by molar-refractivity contribution is 5.07. The van der Waals surface area contributed by atoms with Crippen molar-refractivity contribution >= 4 is 0 Å². The van der Waals surface area contributed by atoms with E-state index in [9.17, 15) is 0 Å². The van der Waals surface area contributed by atoms with Crippen molar-refractivity contribution < 1.29 is 0 Å². The molecule has 0 fully saturated rings. The first kappa shape index (κ1) is 7.31. The van der Waals surface area contributed by atoms with Gasteiger partial charge in [0.1, 0.15) is 0 Å². The third-order valence-electron chi connectivity index (χ3n) is 1.14. The molecule has 0 amide bonds. The molecule has 1 heterocycles. The molecule has 0 aromatic heterocycles. The highest BCUT2D eigenvalue weighted by Crippen LogP contribution is 1.93. The zero-order valence-corrected chi connectivity index (χ0v) is 6.41. The molecule has 1 rings (SSSR count). The maximum atomic E-state index is 3.11. The predicted molar refractivity (Wildman–Crippen MR) is 41.8 cm³/mol. The Balaban J connectivity index is 2.30. The molecule has 1 aliphatic heterocycles. The van der Waals surface area contributed by atoms with Gasteiger partial charge in [-0.15, -0.1) is 0 Å². The van der Waals surface area contributed by atoms with Crippen LogP contribution in [-0.2, 0) is 0 Å². The molecule has 0 aromatic carbocycles. The number of hydrogen-bond donors (Lipinski definition) is 1. The summed E-state index contributed by atoms with van der Waals surface area (Å²) in [6, 6.07) is 0. The summed E-state index contributed by atoms with van der Waals surface area (Å²) in [6.45, 7) is 0.925. The van der Waals surface area contributed by atoms with E-state index < -0.39 is 0 Å². The second-order valence-electron chi connectivity index (χ2n) is 2.42. The smallest absolute Gasteiger partial charge is 0.0535 e. The Bertz CT molecular complexity index is 149. The lowest BCUT2D eigenvalue weighted by Crippen LogP contribution is -2.43. The van der Waals surface area contributed by atoms with E-state index in [-0.39, 0.29) is 0 Å². The van der Waals surface area contributed by atoms with Crippen molar-refractivity contribution in [2.45, 2.75) is 0 Å². The summed E-state index contributed by atoms with van der Waals surface area (Å²) >= 11 is 0. The standard InChI is InChI=1S/C7H13N3/c1-9(2)8-10-6-4-3-5-7-10/h3-6,8H,7H2,1-2H3. The zero-order valence-electron chi connectivity index (χ0n) is 6.41. The van der Waals surface area contributed by atoms with Crippen LogP contribution in [0.3, 0.4) is 0 Å². The van der Waals surface area contributed by atoms with E-state index in [1.54, 1.807) is 0 Å². The average Bonchev–Trinajstić information content (AvgIpc) is 1.88. The second-order valence-corrected chi connectivity index (χ2v) is 2.42. The first-order valence-electron chi connectivity index (χ1n) is 3.32. The molecule has 1 aliphatic rings. The van der Waals surface area contributed by atoms with Gasteiger partial charge in [0.05, 0.1) is 6.54 Å². The van der Waals surface area contributed by atoms with Gasteiger partial charge < -0.3 is 0 Å². The summed E-state index contributed by atoms with van der Waals surface area (Å²) < 4.78 is 0. The van der Waals surface area contributed by atoms with E-state index in [2.05, 4.69) is 11.6 Å². The van der Waals surface area contributed by atoms with Crippen LogP contribution in [0.2, 0.25) is 0 Å². The first-order valence-corrected chi connectivity index (χ1v) is 3.32. The van der Waals surface area contributed by atoms with Gasteiger partial charge in [0.15, 0.2) is 0 Å². The Kier molecular flexibility index (Phi) is 2.48. The fourth-order valence-electron chi connectivity index (χ4n) is 0.798. The minimum atomic E-state index is 0.925. The number of allylic oxidation sites excluding steroid dienone is 2. The molecule has 1 N–H and O–H groups in total. The van der Waals surface area contributed by atoms with Crippen molar-refractivity contribution in [1.29, 1.82) is 0 Å². The van der Waals surface area contributed by atoms with Crippen LogP contribution in [-0.4, -0.2) is 30.7 Å². The van der Waals surface area contributed by atoms with Crippen LogP contribution >= 0.6 is 0 Å². The van der Waals surface area contributed by atoms with E-state index in [0.29, 0.717) is 0 Å². The van der Waals surface area contributed by atoms with Crippen LogP contribution in [0.25, 0.3) is 0 Å². The molecule has 0 aromatic rings. The topological polar surface area (TPSA) is 18.5 Å². The van der Waals surface area contributed by atoms with Gasteiger partial charge >= 0.3 is 0 Å². The molecule has 10 heavy (non-hydrogen) atoms.